The molecule has 124 valence electrons. The minimum Gasteiger partial charge on any atom is -0.455 e. The van der Waals surface area contributed by atoms with Crippen molar-refractivity contribution in [1.82, 2.24) is 0 Å². The molecule has 2 aliphatic carbocycles. The Bertz CT molecular complexity index is 979. The highest BCUT2D eigenvalue weighted by atomic mass is 16.6. The van der Waals surface area contributed by atoms with Gasteiger partial charge in [0.25, 0.3) is 0 Å². The first-order chi connectivity index (χ1) is 12.1. The number of rotatable bonds is 2. The Hall–Kier alpha value is -2.61. The van der Waals surface area contributed by atoms with E-state index in [9.17, 15) is 4.79 Å². The van der Waals surface area contributed by atoms with E-state index in [4.69, 9.17) is 4.74 Å². The Morgan fingerprint density at radius 1 is 1.00 bits per heavy atom. The number of fused-ring (bicyclic) bond motifs is 4. The Morgan fingerprint density at radius 2 is 1.64 bits per heavy atom. The predicted molar refractivity (Wildman–Crippen MR) is 101 cm³/mol. The van der Waals surface area contributed by atoms with Gasteiger partial charge in [0.1, 0.15) is 5.60 Å². The van der Waals surface area contributed by atoms with Crippen LogP contribution in [0.4, 0.5) is 0 Å². The summed E-state index contributed by atoms with van der Waals surface area (Å²) in [4.78, 5) is 13.3. The Labute approximate surface area is 147 Å². The fourth-order valence-electron chi connectivity index (χ4n) is 4.66. The summed E-state index contributed by atoms with van der Waals surface area (Å²) in [6.07, 6.45) is 6.54. The Morgan fingerprint density at radius 3 is 2.20 bits per heavy atom. The highest BCUT2D eigenvalue weighted by Gasteiger charge is 2.48. The maximum Gasteiger partial charge on any atom is 0.339 e. The standard InChI is InChI=1S/C23H20O2/c1-23(14-15-10-11-18(23)12-15)25-22(24)21-19-8-4-2-6-16(19)13-17-7-3-5-9-20(17)21/h2-11,13,15,18H,12,14H2,1H3. The number of carbonyl (C=O) groups excluding carboxylic acids is 1. The second-order valence-electron chi connectivity index (χ2n) is 7.59. The van der Waals surface area contributed by atoms with Crippen molar-refractivity contribution in [1.29, 1.82) is 0 Å². The van der Waals surface area contributed by atoms with Gasteiger partial charge in [-0.25, -0.2) is 4.79 Å². The van der Waals surface area contributed by atoms with Gasteiger partial charge < -0.3 is 4.74 Å². The Kier molecular flexibility index (Phi) is 3.05. The van der Waals surface area contributed by atoms with E-state index in [1.54, 1.807) is 0 Å². The lowest BCUT2D eigenvalue weighted by atomic mass is 9.89. The van der Waals surface area contributed by atoms with E-state index in [0.29, 0.717) is 17.4 Å². The van der Waals surface area contributed by atoms with Gasteiger partial charge >= 0.3 is 5.97 Å². The van der Waals surface area contributed by atoms with Crippen LogP contribution in [0.25, 0.3) is 21.5 Å². The summed E-state index contributed by atoms with van der Waals surface area (Å²) in [5.74, 6) is 0.714. The maximum atomic E-state index is 13.3. The second-order valence-corrected chi connectivity index (χ2v) is 7.59. The lowest BCUT2D eigenvalue weighted by Crippen LogP contribution is -2.36. The molecule has 3 unspecified atom stereocenters. The largest absolute Gasteiger partial charge is 0.455 e. The minimum atomic E-state index is -0.380. The molecule has 0 spiro atoms. The van der Waals surface area contributed by atoms with Crippen LogP contribution in [0.15, 0.2) is 66.7 Å². The first kappa shape index (κ1) is 14.7. The van der Waals surface area contributed by atoms with Gasteiger partial charge in [-0.2, -0.15) is 0 Å². The summed E-state index contributed by atoms with van der Waals surface area (Å²) in [5.41, 5.74) is 0.316. The second kappa shape index (κ2) is 5.19. The zero-order chi connectivity index (χ0) is 17.0. The van der Waals surface area contributed by atoms with E-state index in [1.165, 1.54) is 0 Å². The minimum absolute atomic E-state index is 0.198. The fourth-order valence-corrected chi connectivity index (χ4v) is 4.66. The molecule has 1 saturated carbocycles. The maximum absolute atomic E-state index is 13.3. The van der Waals surface area contributed by atoms with Crippen LogP contribution in [0, 0.1) is 11.8 Å². The molecule has 0 amide bonds. The molecule has 3 aromatic carbocycles. The summed E-state index contributed by atoms with van der Waals surface area (Å²) in [7, 11) is 0. The molecule has 0 aliphatic heterocycles. The molecule has 1 fully saturated rings. The van der Waals surface area contributed by atoms with E-state index in [-0.39, 0.29) is 11.6 Å². The third kappa shape index (κ3) is 2.21. The molecule has 0 aromatic heterocycles. The monoisotopic (exact) mass is 328 g/mol. The highest BCUT2D eigenvalue weighted by molar-refractivity contribution is 6.16. The highest BCUT2D eigenvalue weighted by Crippen LogP contribution is 2.48. The normalized spacial score (nSPS) is 27.2. The molecule has 0 heterocycles. The van der Waals surface area contributed by atoms with Crippen molar-refractivity contribution in [2.24, 2.45) is 11.8 Å². The smallest absolute Gasteiger partial charge is 0.339 e. The van der Waals surface area contributed by atoms with Crippen molar-refractivity contribution in [2.75, 3.05) is 0 Å². The number of allylic oxidation sites excluding steroid dienone is 1. The summed E-state index contributed by atoms with van der Waals surface area (Å²) in [6.45, 7) is 2.09. The predicted octanol–water partition coefficient (Wildman–Crippen LogP) is 5.50. The third-order valence-corrected chi connectivity index (χ3v) is 5.93. The van der Waals surface area contributed by atoms with Crippen molar-refractivity contribution in [3.8, 4) is 0 Å². The van der Waals surface area contributed by atoms with Gasteiger partial charge in [0.15, 0.2) is 0 Å². The SMILES string of the molecule is CC1(OC(=O)c2c3ccccc3cc3ccccc23)CC2C=CC1C2. The first-order valence-corrected chi connectivity index (χ1v) is 8.96. The number of ether oxygens (including phenoxy) is 1. The van der Waals surface area contributed by atoms with Crippen molar-refractivity contribution in [3.05, 3.63) is 72.3 Å². The zero-order valence-electron chi connectivity index (χ0n) is 14.2. The van der Waals surface area contributed by atoms with E-state index in [1.807, 2.05) is 36.4 Å². The average Bonchev–Trinajstić information content (AvgIpc) is 3.19. The fraction of sp³-hybridized carbons (Fsp3) is 0.261. The van der Waals surface area contributed by atoms with Crippen LogP contribution in [0.5, 0.6) is 0 Å². The van der Waals surface area contributed by atoms with Crippen molar-refractivity contribution in [2.45, 2.75) is 25.4 Å². The van der Waals surface area contributed by atoms with Crippen LogP contribution in [0.2, 0.25) is 0 Å². The van der Waals surface area contributed by atoms with Crippen molar-refractivity contribution in [3.63, 3.8) is 0 Å². The van der Waals surface area contributed by atoms with Crippen LogP contribution >= 0.6 is 0 Å². The molecule has 2 aliphatic rings. The molecule has 0 N–H and O–H groups in total. The van der Waals surface area contributed by atoms with E-state index in [0.717, 1.165) is 34.4 Å². The van der Waals surface area contributed by atoms with Crippen molar-refractivity contribution >= 4 is 27.5 Å². The molecule has 3 atom stereocenters. The molecule has 3 aromatic rings. The summed E-state index contributed by atoms with van der Waals surface area (Å²) in [6, 6.07) is 18.3. The summed E-state index contributed by atoms with van der Waals surface area (Å²) >= 11 is 0. The van der Waals surface area contributed by atoms with E-state index in [2.05, 4.69) is 37.3 Å². The molecule has 0 saturated heterocycles. The average molecular weight is 328 g/mol. The third-order valence-electron chi connectivity index (χ3n) is 5.93. The van der Waals surface area contributed by atoms with Gasteiger partial charge in [0.05, 0.1) is 5.56 Å². The number of benzene rings is 3. The van der Waals surface area contributed by atoms with Gasteiger partial charge in [-0.1, -0.05) is 60.7 Å². The van der Waals surface area contributed by atoms with Gasteiger partial charge in [-0.3, -0.25) is 0 Å². The lowest BCUT2D eigenvalue weighted by Gasteiger charge is -2.31. The van der Waals surface area contributed by atoms with E-state index < -0.39 is 0 Å². The van der Waals surface area contributed by atoms with Gasteiger partial charge in [0.2, 0.25) is 0 Å². The van der Waals surface area contributed by atoms with Gasteiger partial charge in [-0.05, 0) is 53.3 Å². The molecule has 25 heavy (non-hydrogen) atoms. The van der Waals surface area contributed by atoms with Crippen LogP contribution in [0.1, 0.15) is 30.1 Å². The summed E-state index contributed by atoms with van der Waals surface area (Å²) in [5, 5.41) is 4.08. The molecule has 2 heteroatoms. The quantitative estimate of drug-likeness (QED) is 0.352. The van der Waals surface area contributed by atoms with Crippen LogP contribution < -0.4 is 0 Å². The topological polar surface area (TPSA) is 26.3 Å². The molecular weight excluding hydrogens is 308 g/mol. The first-order valence-electron chi connectivity index (χ1n) is 8.96. The van der Waals surface area contributed by atoms with Crippen molar-refractivity contribution < 1.29 is 9.53 Å². The van der Waals surface area contributed by atoms with Crippen LogP contribution in [0.3, 0.4) is 0 Å². The zero-order valence-corrected chi connectivity index (χ0v) is 14.2. The van der Waals surface area contributed by atoms with Crippen LogP contribution in [-0.2, 0) is 4.74 Å². The molecule has 5 rings (SSSR count). The molecule has 2 nitrogen and oxygen atoms in total. The Balaban J connectivity index is 1.65. The van der Waals surface area contributed by atoms with Gasteiger partial charge in [-0.15, -0.1) is 0 Å². The van der Waals surface area contributed by atoms with Gasteiger partial charge in [0, 0.05) is 5.92 Å². The number of esters is 1. The molecule has 2 bridgehead atoms. The number of hydrogen-bond donors (Lipinski definition) is 0. The lowest BCUT2D eigenvalue weighted by molar-refractivity contribution is -0.0214. The summed E-state index contributed by atoms with van der Waals surface area (Å²) < 4.78 is 6.14. The van der Waals surface area contributed by atoms with E-state index >= 15 is 0 Å². The molecular formula is C23H20O2. The number of hydrogen-bond acceptors (Lipinski definition) is 2. The number of carbonyl (C=O) groups is 1. The molecule has 0 radical (unpaired) electrons. The van der Waals surface area contributed by atoms with Crippen LogP contribution in [-0.4, -0.2) is 11.6 Å².